The standard InChI is InChI=1S/C14H10F3N3O/c15-14(16,17)12-11-10-5-6-19(10)13(21)8-3-1-2-4-9(8)20(11)7-18-12/h1-4,7,10H,5-6H2. The van der Waals surface area contributed by atoms with Gasteiger partial charge in [0.1, 0.15) is 6.33 Å². The average Bonchev–Trinajstić information content (AvgIpc) is 2.79. The third-order valence-corrected chi connectivity index (χ3v) is 4.06. The number of carbonyl (C=O) groups is 1. The summed E-state index contributed by atoms with van der Waals surface area (Å²) >= 11 is 0. The van der Waals surface area contributed by atoms with E-state index in [-0.39, 0.29) is 11.6 Å². The SMILES string of the molecule is O=C1c2ccccc2-n2cnc(C(F)(F)F)c2C2CCN12. The Kier molecular flexibility index (Phi) is 2.29. The maximum Gasteiger partial charge on any atom is 0.435 e. The molecule has 1 fully saturated rings. The molecule has 3 heterocycles. The fourth-order valence-electron chi connectivity index (χ4n) is 3.02. The highest BCUT2D eigenvalue weighted by Gasteiger charge is 2.47. The minimum atomic E-state index is -4.52. The fraction of sp³-hybridized carbons (Fsp3) is 0.286. The van der Waals surface area contributed by atoms with Gasteiger partial charge in [-0.15, -0.1) is 0 Å². The van der Waals surface area contributed by atoms with Crippen LogP contribution in [0.25, 0.3) is 5.69 Å². The Morgan fingerprint density at radius 3 is 2.67 bits per heavy atom. The number of halogens is 3. The second kappa shape index (κ2) is 3.87. The maximum atomic E-state index is 13.2. The number of fused-ring (bicyclic) bond motifs is 5. The van der Waals surface area contributed by atoms with E-state index in [0.29, 0.717) is 24.2 Å². The van der Waals surface area contributed by atoms with Gasteiger partial charge in [0, 0.05) is 6.54 Å². The highest BCUT2D eigenvalue weighted by molar-refractivity contribution is 5.99. The first-order chi connectivity index (χ1) is 9.98. The first kappa shape index (κ1) is 12.4. The van der Waals surface area contributed by atoms with Gasteiger partial charge in [0.25, 0.3) is 5.91 Å². The zero-order chi connectivity index (χ0) is 14.8. The van der Waals surface area contributed by atoms with Crippen LogP contribution in [0, 0.1) is 0 Å². The lowest BCUT2D eigenvalue weighted by Gasteiger charge is -2.40. The van der Waals surface area contributed by atoms with E-state index in [1.165, 1.54) is 9.47 Å². The van der Waals surface area contributed by atoms with Crippen LogP contribution in [0.15, 0.2) is 30.6 Å². The summed E-state index contributed by atoms with van der Waals surface area (Å²) in [5.74, 6) is -0.223. The number of nitrogens with zero attached hydrogens (tertiary/aromatic N) is 3. The number of imidazole rings is 1. The molecular formula is C14H10F3N3O. The van der Waals surface area contributed by atoms with Crippen LogP contribution < -0.4 is 0 Å². The number of benzene rings is 1. The monoisotopic (exact) mass is 293 g/mol. The lowest BCUT2D eigenvalue weighted by molar-refractivity contribution is -0.142. The summed E-state index contributed by atoms with van der Waals surface area (Å²) in [6.45, 7) is 0.473. The van der Waals surface area contributed by atoms with E-state index in [9.17, 15) is 18.0 Å². The molecule has 1 aromatic carbocycles. The van der Waals surface area contributed by atoms with Gasteiger partial charge in [-0.2, -0.15) is 13.2 Å². The Bertz CT molecular complexity index is 750. The Morgan fingerprint density at radius 2 is 2.00 bits per heavy atom. The molecule has 1 saturated heterocycles. The molecule has 0 N–H and O–H groups in total. The number of aromatic nitrogens is 2. The fourth-order valence-corrected chi connectivity index (χ4v) is 3.02. The normalized spacial score (nSPS) is 20.2. The van der Waals surface area contributed by atoms with Gasteiger partial charge in [0.15, 0.2) is 5.69 Å². The molecule has 1 amide bonds. The molecule has 108 valence electrons. The molecule has 2 aliphatic rings. The van der Waals surface area contributed by atoms with E-state index in [4.69, 9.17) is 0 Å². The quantitative estimate of drug-likeness (QED) is 0.749. The number of rotatable bonds is 0. The Labute approximate surface area is 117 Å². The molecule has 1 aromatic heterocycles. The van der Waals surface area contributed by atoms with Crippen molar-refractivity contribution in [2.75, 3.05) is 6.54 Å². The first-order valence-corrected chi connectivity index (χ1v) is 6.53. The molecule has 7 heteroatoms. The number of hydrogen-bond acceptors (Lipinski definition) is 2. The summed E-state index contributed by atoms with van der Waals surface area (Å²) in [4.78, 5) is 17.5. The Hall–Kier alpha value is -2.31. The van der Waals surface area contributed by atoms with E-state index < -0.39 is 17.9 Å². The highest BCUT2D eigenvalue weighted by Crippen LogP contribution is 2.44. The van der Waals surface area contributed by atoms with Crippen molar-refractivity contribution in [3.05, 3.63) is 47.5 Å². The van der Waals surface area contributed by atoms with Crippen LogP contribution in [0.3, 0.4) is 0 Å². The molecule has 0 bridgehead atoms. The van der Waals surface area contributed by atoms with Gasteiger partial charge in [-0.3, -0.25) is 9.36 Å². The molecule has 0 saturated carbocycles. The van der Waals surface area contributed by atoms with Crippen LogP contribution in [-0.2, 0) is 6.18 Å². The van der Waals surface area contributed by atoms with Crippen LogP contribution in [0.1, 0.15) is 34.2 Å². The van der Waals surface area contributed by atoms with Gasteiger partial charge >= 0.3 is 6.18 Å². The second-order valence-electron chi connectivity index (χ2n) is 5.17. The van der Waals surface area contributed by atoms with E-state index in [1.807, 2.05) is 0 Å². The van der Waals surface area contributed by atoms with E-state index in [2.05, 4.69) is 4.98 Å². The molecule has 21 heavy (non-hydrogen) atoms. The van der Waals surface area contributed by atoms with Crippen LogP contribution in [0.5, 0.6) is 0 Å². The molecule has 0 aliphatic carbocycles. The molecule has 1 atom stereocenters. The minimum absolute atomic E-state index is 0.0621. The molecular weight excluding hydrogens is 283 g/mol. The van der Waals surface area contributed by atoms with Crippen molar-refractivity contribution in [1.82, 2.24) is 14.5 Å². The van der Waals surface area contributed by atoms with Gasteiger partial charge in [-0.05, 0) is 18.6 Å². The van der Waals surface area contributed by atoms with E-state index in [1.54, 1.807) is 24.3 Å². The molecule has 0 spiro atoms. The van der Waals surface area contributed by atoms with Gasteiger partial charge in [0.2, 0.25) is 0 Å². The molecule has 1 unspecified atom stereocenters. The van der Waals surface area contributed by atoms with Gasteiger partial charge in [-0.25, -0.2) is 4.98 Å². The number of amides is 1. The van der Waals surface area contributed by atoms with Gasteiger partial charge in [0.05, 0.1) is 23.0 Å². The number of para-hydroxylation sites is 1. The lowest BCUT2D eigenvalue weighted by atomic mass is 9.97. The van der Waals surface area contributed by atoms with Gasteiger partial charge < -0.3 is 4.90 Å². The lowest BCUT2D eigenvalue weighted by Crippen LogP contribution is -2.45. The van der Waals surface area contributed by atoms with Crippen LogP contribution in [0.2, 0.25) is 0 Å². The predicted octanol–water partition coefficient (Wildman–Crippen LogP) is 2.79. The Morgan fingerprint density at radius 1 is 1.24 bits per heavy atom. The van der Waals surface area contributed by atoms with Crippen LogP contribution in [0.4, 0.5) is 13.2 Å². The number of hydrogen-bond donors (Lipinski definition) is 0. The summed E-state index contributed by atoms with van der Waals surface area (Å²) < 4.78 is 40.9. The van der Waals surface area contributed by atoms with Crippen molar-refractivity contribution in [1.29, 1.82) is 0 Å². The van der Waals surface area contributed by atoms with Crippen molar-refractivity contribution >= 4 is 5.91 Å². The third kappa shape index (κ3) is 1.57. The summed E-state index contributed by atoms with van der Waals surface area (Å²) in [7, 11) is 0. The predicted molar refractivity (Wildman–Crippen MR) is 67.0 cm³/mol. The van der Waals surface area contributed by atoms with Crippen molar-refractivity contribution in [3.63, 3.8) is 0 Å². The summed E-state index contributed by atoms with van der Waals surface area (Å²) in [6, 6.07) is 6.13. The van der Waals surface area contributed by atoms with Gasteiger partial charge in [-0.1, -0.05) is 12.1 Å². The molecule has 4 nitrogen and oxygen atoms in total. The van der Waals surface area contributed by atoms with Crippen LogP contribution >= 0.6 is 0 Å². The van der Waals surface area contributed by atoms with Crippen molar-refractivity contribution < 1.29 is 18.0 Å². The first-order valence-electron chi connectivity index (χ1n) is 6.53. The average molecular weight is 293 g/mol. The molecule has 0 radical (unpaired) electrons. The summed E-state index contributed by atoms with van der Waals surface area (Å²) in [5, 5.41) is 0. The Balaban J connectivity index is 2.03. The summed E-state index contributed by atoms with van der Waals surface area (Å²) in [5.41, 5.74) is 0.0238. The largest absolute Gasteiger partial charge is 0.435 e. The maximum absolute atomic E-state index is 13.2. The van der Waals surface area contributed by atoms with E-state index in [0.717, 1.165) is 6.33 Å². The summed E-state index contributed by atoms with van der Waals surface area (Å²) in [6.07, 6.45) is -2.84. The van der Waals surface area contributed by atoms with Crippen molar-refractivity contribution in [2.45, 2.75) is 18.6 Å². The molecule has 4 rings (SSSR count). The molecule has 2 aromatic rings. The molecule has 2 aliphatic heterocycles. The topological polar surface area (TPSA) is 38.1 Å². The third-order valence-electron chi connectivity index (χ3n) is 4.06. The van der Waals surface area contributed by atoms with E-state index >= 15 is 0 Å². The second-order valence-corrected chi connectivity index (χ2v) is 5.17. The van der Waals surface area contributed by atoms with Crippen molar-refractivity contribution in [3.8, 4) is 5.69 Å². The zero-order valence-electron chi connectivity index (χ0n) is 10.8. The smallest absolute Gasteiger partial charge is 0.330 e. The number of carbonyl (C=O) groups excluding carboxylic acids is 1. The number of alkyl halides is 3. The van der Waals surface area contributed by atoms with Crippen molar-refractivity contribution in [2.24, 2.45) is 0 Å². The zero-order valence-corrected chi connectivity index (χ0v) is 10.8. The highest BCUT2D eigenvalue weighted by atomic mass is 19.4. The van der Waals surface area contributed by atoms with Crippen LogP contribution in [-0.4, -0.2) is 26.9 Å². The minimum Gasteiger partial charge on any atom is -0.330 e.